The highest BCUT2D eigenvalue weighted by molar-refractivity contribution is 7.99. The van der Waals surface area contributed by atoms with Crippen molar-refractivity contribution in [3.8, 4) is 0 Å². The number of nitrogens with two attached hydrogens (primary N) is 1. The number of benzene rings is 2. The normalized spacial score (nSPS) is 11.1. The second-order valence-corrected chi connectivity index (χ2v) is 5.71. The summed E-state index contributed by atoms with van der Waals surface area (Å²) in [6, 6.07) is 16.2. The fraction of sp³-hybridized carbons (Fsp3) is 0.0667. The highest BCUT2D eigenvalue weighted by Gasteiger charge is 2.09. The lowest BCUT2D eigenvalue weighted by atomic mass is 10.2. The summed E-state index contributed by atoms with van der Waals surface area (Å²) in [7, 11) is 0. The molecule has 19 heavy (non-hydrogen) atoms. The SMILES string of the molecule is NCc1cccc(Cl)c1Sc1cc2ccccc2[nH]1. The van der Waals surface area contributed by atoms with E-state index in [9.17, 15) is 0 Å². The molecule has 0 aliphatic carbocycles. The standard InChI is InChI=1S/C15H13ClN2S/c16-12-6-3-5-11(9-17)15(12)19-14-8-10-4-1-2-7-13(10)18-14/h1-8,18H,9,17H2. The van der Waals surface area contributed by atoms with Crippen molar-refractivity contribution in [3.63, 3.8) is 0 Å². The van der Waals surface area contributed by atoms with Crippen molar-refractivity contribution in [1.82, 2.24) is 4.98 Å². The molecule has 0 aliphatic heterocycles. The molecule has 3 N–H and O–H groups in total. The molecule has 1 heterocycles. The molecule has 3 aromatic rings. The number of nitrogens with one attached hydrogen (secondary N) is 1. The lowest BCUT2D eigenvalue weighted by molar-refractivity contribution is 1.03. The van der Waals surface area contributed by atoms with E-state index in [1.165, 1.54) is 5.39 Å². The lowest BCUT2D eigenvalue weighted by Crippen LogP contribution is -1.98. The number of halogens is 1. The molecule has 0 aliphatic rings. The quantitative estimate of drug-likeness (QED) is 0.748. The van der Waals surface area contributed by atoms with Gasteiger partial charge >= 0.3 is 0 Å². The maximum atomic E-state index is 6.27. The van der Waals surface area contributed by atoms with Gasteiger partial charge in [0.15, 0.2) is 0 Å². The summed E-state index contributed by atoms with van der Waals surface area (Å²) in [6.45, 7) is 0.489. The van der Waals surface area contributed by atoms with Gasteiger partial charge < -0.3 is 10.7 Å². The van der Waals surface area contributed by atoms with Gasteiger partial charge in [-0.1, -0.05) is 53.7 Å². The average molecular weight is 289 g/mol. The van der Waals surface area contributed by atoms with Gasteiger partial charge in [0.05, 0.1) is 10.0 Å². The van der Waals surface area contributed by atoms with Crippen molar-refractivity contribution in [2.75, 3.05) is 0 Å². The number of para-hydroxylation sites is 1. The molecule has 1 aromatic heterocycles. The van der Waals surface area contributed by atoms with E-state index in [1.807, 2.05) is 30.3 Å². The van der Waals surface area contributed by atoms with Crippen LogP contribution in [0.3, 0.4) is 0 Å². The Bertz CT molecular complexity index is 688. The van der Waals surface area contributed by atoms with Crippen molar-refractivity contribution in [1.29, 1.82) is 0 Å². The van der Waals surface area contributed by atoms with Gasteiger partial charge in [-0.15, -0.1) is 0 Å². The highest BCUT2D eigenvalue weighted by atomic mass is 35.5. The summed E-state index contributed by atoms with van der Waals surface area (Å²) in [4.78, 5) is 4.41. The summed E-state index contributed by atoms with van der Waals surface area (Å²) in [5.74, 6) is 0. The second-order valence-electron chi connectivity index (χ2n) is 4.26. The fourth-order valence-electron chi connectivity index (χ4n) is 2.04. The van der Waals surface area contributed by atoms with Crippen molar-refractivity contribution < 1.29 is 0 Å². The third kappa shape index (κ3) is 2.50. The number of fused-ring (bicyclic) bond motifs is 1. The maximum Gasteiger partial charge on any atom is 0.0781 e. The molecule has 0 atom stereocenters. The Morgan fingerprint density at radius 2 is 1.95 bits per heavy atom. The first kappa shape index (κ1) is 12.6. The van der Waals surface area contributed by atoms with Gasteiger partial charge in [-0.05, 0) is 23.8 Å². The Hall–Kier alpha value is -1.42. The molecule has 0 saturated carbocycles. The van der Waals surface area contributed by atoms with Crippen LogP contribution in [0.1, 0.15) is 5.56 Å². The minimum atomic E-state index is 0.489. The minimum absolute atomic E-state index is 0.489. The number of hydrogen-bond donors (Lipinski definition) is 2. The van der Waals surface area contributed by atoms with E-state index in [4.69, 9.17) is 17.3 Å². The highest BCUT2D eigenvalue weighted by Crippen LogP contribution is 2.36. The van der Waals surface area contributed by atoms with Gasteiger partial charge in [0.2, 0.25) is 0 Å². The van der Waals surface area contributed by atoms with Crippen LogP contribution in [0.5, 0.6) is 0 Å². The monoisotopic (exact) mass is 288 g/mol. The number of hydrogen-bond acceptors (Lipinski definition) is 2. The first-order chi connectivity index (χ1) is 9.28. The molecule has 0 bridgehead atoms. The van der Waals surface area contributed by atoms with E-state index in [0.29, 0.717) is 6.54 Å². The van der Waals surface area contributed by atoms with Crippen LogP contribution >= 0.6 is 23.4 Å². The summed E-state index contributed by atoms with van der Waals surface area (Å²) in [5.41, 5.74) is 7.96. The van der Waals surface area contributed by atoms with Crippen LogP contribution in [0.15, 0.2) is 58.5 Å². The van der Waals surface area contributed by atoms with Gasteiger partial charge in [-0.3, -0.25) is 0 Å². The molecule has 0 spiro atoms. The molecule has 2 nitrogen and oxygen atoms in total. The first-order valence-electron chi connectivity index (χ1n) is 6.01. The van der Waals surface area contributed by atoms with Crippen LogP contribution in [0.25, 0.3) is 10.9 Å². The summed E-state index contributed by atoms with van der Waals surface area (Å²) < 4.78 is 0. The lowest BCUT2D eigenvalue weighted by Gasteiger charge is -2.07. The molecule has 0 unspecified atom stereocenters. The zero-order valence-corrected chi connectivity index (χ0v) is 11.8. The molecule has 2 aromatic carbocycles. The number of aromatic nitrogens is 1. The molecule has 96 valence electrons. The van der Waals surface area contributed by atoms with Crippen molar-refractivity contribution in [3.05, 3.63) is 59.1 Å². The Balaban J connectivity index is 2.01. The Labute approximate surface area is 121 Å². The topological polar surface area (TPSA) is 41.8 Å². The first-order valence-corrected chi connectivity index (χ1v) is 7.20. The van der Waals surface area contributed by atoms with E-state index in [-0.39, 0.29) is 0 Å². The minimum Gasteiger partial charge on any atom is -0.349 e. The molecule has 0 saturated heterocycles. The zero-order chi connectivity index (χ0) is 13.2. The largest absolute Gasteiger partial charge is 0.349 e. The van der Waals surface area contributed by atoms with E-state index in [0.717, 1.165) is 26.0 Å². The van der Waals surface area contributed by atoms with Crippen LogP contribution < -0.4 is 5.73 Å². The van der Waals surface area contributed by atoms with Crippen LogP contribution in [0.4, 0.5) is 0 Å². The van der Waals surface area contributed by atoms with Crippen LogP contribution in [0, 0.1) is 0 Å². The number of H-pyrrole nitrogens is 1. The average Bonchev–Trinajstić information content (AvgIpc) is 2.83. The van der Waals surface area contributed by atoms with E-state index >= 15 is 0 Å². The van der Waals surface area contributed by atoms with E-state index in [2.05, 4.69) is 23.2 Å². The third-order valence-electron chi connectivity index (χ3n) is 2.99. The van der Waals surface area contributed by atoms with Gasteiger partial charge in [0, 0.05) is 22.3 Å². The molecular formula is C15H13ClN2S. The summed E-state index contributed by atoms with van der Waals surface area (Å²) in [5, 5.41) is 3.02. The smallest absolute Gasteiger partial charge is 0.0781 e. The number of rotatable bonds is 3. The Kier molecular flexibility index (Phi) is 3.51. The Morgan fingerprint density at radius 3 is 2.74 bits per heavy atom. The van der Waals surface area contributed by atoms with Crippen LogP contribution in [-0.2, 0) is 6.54 Å². The van der Waals surface area contributed by atoms with Crippen LogP contribution in [-0.4, -0.2) is 4.98 Å². The number of aromatic amines is 1. The molecule has 4 heteroatoms. The van der Waals surface area contributed by atoms with Gasteiger partial charge in [0.1, 0.15) is 0 Å². The van der Waals surface area contributed by atoms with Crippen molar-refractivity contribution in [2.24, 2.45) is 5.73 Å². The molecule has 0 fully saturated rings. The Morgan fingerprint density at radius 1 is 1.11 bits per heavy atom. The predicted molar refractivity (Wildman–Crippen MR) is 81.8 cm³/mol. The van der Waals surface area contributed by atoms with Gasteiger partial charge in [-0.2, -0.15) is 0 Å². The molecule has 3 rings (SSSR count). The molecule has 0 amide bonds. The maximum absolute atomic E-state index is 6.27. The van der Waals surface area contributed by atoms with E-state index < -0.39 is 0 Å². The van der Waals surface area contributed by atoms with Crippen molar-refractivity contribution >= 4 is 34.3 Å². The van der Waals surface area contributed by atoms with E-state index in [1.54, 1.807) is 11.8 Å². The zero-order valence-electron chi connectivity index (χ0n) is 10.2. The fourth-order valence-corrected chi connectivity index (χ4v) is 3.36. The van der Waals surface area contributed by atoms with Crippen LogP contribution in [0.2, 0.25) is 5.02 Å². The third-order valence-corrected chi connectivity index (χ3v) is 4.54. The van der Waals surface area contributed by atoms with Gasteiger partial charge in [0.25, 0.3) is 0 Å². The molecular weight excluding hydrogens is 276 g/mol. The van der Waals surface area contributed by atoms with Gasteiger partial charge in [-0.25, -0.2) is 0 Å². The van der Waals surface area contributed by atoms with Crippen molar-refractivity contribution in [2.45, 2.75) is 16.5 Å². The molecule has 0 radical (unpaired) electrons. The second kappa shape index (κ2) is 5.29. The summed E-state index contributed by atoms with van der Waals surface area (Å²) in [6.07, 6.45) is 0. The summed E-state index contributed by atoms with van der Waals surface area (Å²) >= 11 is 7.89. The predicted octanol–water partition coefficient (Wildman–Crippen LogP) is 4.43.